The van der Waals surface area contributed by atoms with Crippen molar-refractivity contribution < 1.29 is 4.79 Å². The monoisotopic (exact) mass is 184 g/mol. The van der Waals surface area contributed by atoms with E-state index in [4.69, 9.17) is 0 Å². The molecule has 0 fully saturated rings. The van der Waals surface area contributed by atoms with Crippen molar-refractivity contribution >= 4 is 5.91 Å². The third kappa shape index (κ3) is 9.08. The summed E-state index contributed by atoms with van der Waals surface area (Å²) in [5.74, 6) is 0.0732. The van der Waals surface area contributed by atoms with Crippen molar-refractivity contribution in [2.45, 2.75) is 27.2 Å². The van der Waals surface area contributed by atoms with E-state index in [9.17, 15) is 4.79 Å². The maximum Gasteiger partial charge on any atom is 0.233 e. The molecular weight excluding hydrogens is 164 g/mol. The van der Waals surface area contributed by atoms with Crippen LogP contribution in [0.25, 0.3) is 0 Å². The molecule has 0 spiro atoms. The molecule has 0 aliphatic heterocycles. The molecule has 0 aromatic heterocycles. The molecule has 0 unspecified atom stereocenters. The smallest absolute Gasteiger partial charge is 0.233 e. The van der Waals surface area contributed by atoms with Gasteiger partial charge in [0.25, 0.3) is 0 Å². The first-order chi connectivity index (χ1) is 6.16. The number of carbonyl (C=O) groups is 1. The highest BCUT2D eigenvalue weighted by molar-refractivity contribution is 5.77. The molecule has 0 rings (SSSR count). The summed E-state index contributed by atoms with van der Waals surface area (Å²) in [6, 6.07) is 0. The van der Waals surface area contributed by atoms with Gasteiger partial charge in [-0.05, 0) is 20.3 Å². The summed E-state index contributed by atoms with van der Waals surface area (Å²) in [6.45, 7) is 8.06. The highest BCUT2D eigenvalue weighted by Gasteiger charge is 1.96. The van der Waals surface area contributed by atoms with Gasteiger partial charge in [0.05, 0.1) is 6.54 Å². The van der Waals surface area contributed by atoms with Crippen LogP contribution in [0.2, 0.25) is 0 Å². The average molecular weight is 184 g/mol. The van der Waals surface area contributed by atoms with E-state index in [0.717, 1.165) is 19.5 Å². The molecule has 3 nitrogen and oxygen atoms in total. The van der Waals surface area contributed by atoms with E-state index in [1.165, 1.54) is 5.57 Å². The van der Waals surface area contributed by atoms with E-state index in [1.54, 1.807) is 0 Å². The minimum atomic E-state index is 0.0732. The Labute approximate surface area is 80.6 Å². The predicted octanol–water partition coefficient (Wildman–Crippen LogP) is 1.07. The van der Waals surface area contributed by atoms with Gasteiger partial charge in [0.2, 0.25) is 5.91 Å². The van der Waals surface area contributed by atoms with Crippen molar-refractivity contribution in [3.63, 3.8) is 0 Å². The second kappa shape index (κ2) is 7.80. The second-order valence-electron chi connectivity index (χ2n) is 3.26. The Hall–Kier alpha value is -0.830. The Morgan fingerprint density at radius 2 is 2.08 bits per heavy atom. The van der Waals surface area contributed by atoms with E-state index in [0.29, 0.717) is 6.54 Å². The number of rotatable bonds is 6. The minimum Gasteiger partial charge on any atom is -0.355 e. The van der Waals surface area contributed by atoms with Gasteiger partial charge >= 0.3 is 0 Å². The van der Waals surface area contributed by atoms with Crippen LogP contribution in [-0.4, -0.2) is 25.5 Å². The SMILES string of the molecule is CCCNC(=O)CNCC=C(C)C. The normalized spacial score (nSPS) is 9.46. The lowest BCUT2D eigenvalue weighted by Gasteiger charge is -2.03. The molecule has 0 aromatic rings. The molecule has 0 aromatic carbocycles. The number of allylic oxidation sites excluding steroid dienone is 1. The Morgan fingerprint density at radius 1 is 1.38 bits per heavy atom. The molecule has 0 heterocycles. The van der Waals surface area contributed by atoms with Gasteiger partial charge in [-0.1, -0.05) is 18.6 Å². The third-order valence-electron chi connectivity index (χ3n) is 1.51. The van der Waals surface area contributed by atoms with Gasteiger partial charge < -0.3 is 10.6 Å². The summed E-state index contributed by atoms with van der Waals surface area (Å²) in [4.78, 5) is 11.1. The van der Waals surface area contributed by atoms with Crippen LogP contribution in [0.15, 0.2) is 11.6 Å². The van der Waals surface area contributed by atoms with Crippen LogP contribution in [-0.2, 0) is 4.79 Å². The van der Waals surface area contributed by atoms with E-state index < -0.39 is 0 Å². The Balaban J connectivity index is 3.32. The van der Waals surface area contributed by atoms with E-state index in [1.807, 2.05) is 20.8 Å². The summed E-state index contributed by atoms with van der Waals surface area (Å²) >= 11 is 0. The predicted molar refractivity (Wildman–Crippen MR) is 55.6 cm³/mol. The first kappa shape index (κ1) is 12.2. The number of nitrogens with one attached hydrogen (secondary N) is 2. The molecule has 13 heavy (non-hydrogen) atoms. The van der Waals surface area contributed by atoms with Gasteiger partial charge in [0.15, 0.2) is 0 Å². The van der Waals surface area contributed by atoms with Crippen LogP contribution in [0.4, 0.5) is 0 Å². The van der Waals surface area contributed by atoms with Gasteiger partial charge in [-0.15, -0.1) is 0 Å². The highest BCUT2D eigenvalue weighted by atomic mass is 16.1. The second-order valence-corrected chi connectivity index (χ2v) is 3.26. The zero-order valence-electron chi connectivity index (χ0n) is 8.81. The Morgan fingerprint density at radius 3 is 2.62 bits per heavy atom. The first-order valence-electron chi connectivity index (χ1n) is 4.77. The number of hydrogen-bond donors (Lipinski definition) is 2. The molecule has 2 N–H and O–H groups in total. The lowest BCUT2D eigenvalue weighted by molar-refractivity contribution is -0.120. The summed E-state index contributed by atoms with van der Waals surface area (Å²) in [7, 11) is 0. The van der Waals surface area contributed by atoms with Crippen molar-refractivity contribution in [2.75, 3.05) is 19.6 Å². The maximum absolute atomic E-state index is 11.1. The van der Waals surface area contributed by atoms with Gasteiger partial charge in [-0.25, -0.2) is 0 Å². The van der Waals surface area contributed by atoms with Crippen LogP contribution >= 0.6 is 0 Å². The van der Waals surface area contributed by atoms with Crippen molar-refractivity contribution in [1.29, 1.82) is 0 Å². The fraction of sp³-hybridized carbons (Fsp3) is 0.700. The van der Waals surface area contributed by atoms with E-state index in [2.05, 4.69) is 16.7 Å². The lowest BCUT2D eigenvalue weighted by atomic mass is 10.3. The maximum atomic E-state index is 11.1. The summed E-state index contributed by atoms with van der Waals surface area (Å²) < 4.78 is 0. The molecule has 0 aliphatic rings. The number of hydrogen-bond acceptors (Lipinski definition) is 2. The van der Waals surface area contributed by atoms with Gasteiger partial charge in [-0.2, -0.15) is 0 Å². The molecule has 1 amide bonds. The van der Waals surface area contributed by atoms with E-state index >= 15 is 0 Å². The molecule has 0 radical (unpaired) electrons. The Bertz CT molecular complexity index is 172. The standard InChI is InChI=1S/C10H20N2O/c1-4-6-12-10(13)8-11-7-5-9(2)3/h5,11H,4,6-8H2,1-3H3,(H,12,13). The summed E-state index contributed by atoms with van der Waals surface area (Å²) in [6.07, 6.45) is 3.05. The zero-order chi connectivity index (χ0) is 10.1. The molecule has 0 bridgehead atoms. The van der Waals surface area contributed by atoms with Crippen LogP contribution in [0.5, 0.6) is 0 Å². The average Bonchev–Trinajstić information content (AvgIpc) is 2.08. The third-order valence-corrected chi connectivity index (χ3v) is 1.51. The summed E-state index contributed by atoms with van der Waals surface area (Å²) in [5.41, 5.74) is 1.27. The largest absolute Gasteiger partial charge is 0.355 e. The summed E-state index contributed by atoms with van der Waals surface area (Å²) in [5, 5.41) is 5.84. The van der Waals surface area contributed by atoms with Crippen molar-refractivity contribution in [2.24, 2.45) is 0 Å². The van der Waals surface area contributed by atoms with Crippen LogP contribution in [0.1, 0.15) is 27.2 Å². The van der Waals surface area contributed by atoms with Gasteiger partial charge in [0, 0.05) is 13.1 Å². The van der Waals surface area contributed by atoms with Crippen molar-refractivity contribution in [3.05, 3.63) is 11.6 Å². The molecule has 0 saturated carbocycles. The topological polar surface area (TPSA) is 41.1 Å². The quantitative estimate of drug-likeness (QED) is 0.479. The van der Waals surface area contributed by atoms with Crippen molar-refractivity contribution in [1.82, 2.24) is 10.6 Å². The number of carbonyl (C=O) groups excluding carboxylic acids is 1. The molecule has 3 heteroatoms. The van der Waals surface area contributed by atoms with Crippen LogP contribution in [0, 0.1) is 0 Å². The van der Waals surface area contributed by atoms with E-state index in [-0.39, 0.29) is 5.91 Å². The zero-order valence-corrected chi connectivity index (χ0v) is 8.81. The van der Waals surface area contributed by atoms with Gasteiger partial charge in [0.1, 0.15) is 0 Å². The highest BCUT2D eigenvalue weighted by Crippen LogP contribution is 1.84. The fourth-order valence-electron chi connectivity index (χ4n) is 0.789. The molecule has 0 atom stereocenters. The first-order valence-corrected chi connectivity index (χ1v) is 4.77. The van der Waals surface area contributed by atoms with Crippen LogP contribution < -0.4 is 10.6 Å². The Kier molecular flexibility index (Phi) is 7.30. The van der Waals surface area contributed by atoms with Gasteiger partial charge in [-0.3, -0.25) is 4.79 Å². The minimum absolute atomic E-state index is 0.0732. The lowest BCUT2D eigenvalue weighted by Crippen LogP contribution is -2.34. The molecule has 0 saturated heterocycles. The fourth-order valence-corrected chi connectivity index (χ4v) is 0.789. The number of amides is 1. The molecule has 0 aliphatic carbocycles. The van der Waals surface area contributed by atoms with Crippen LogP contribution in [0.3, 0.4) is 0 Å². The molecule has 76 valence electrons. The van der Waals surface area contributed by atoms with Crippen molar-refractivity contribution in [3.8, 4) is 0 Å². The molecular formula is C10H20N2O.